The zero-order valence-corrected chi connectivity index (χ0v) is 13.9. The fourth-order valence-corrected chi connectivity index (χ4v) is 3.91. The van der Waals surface area contributed by atoms with Gasteiger partial charge in [0, 0.05) is 23.8 Å². The van der Waals surface area contributed by atoms with E-state index in [1.54, 1.807) is 18.6 Å². The highest BCUT2D eigenvalue weighted by molar-refractivity contribution is 5.93. The maximum Gasteiger partial charge on any atom is 0.273 e. The van der Waals surface area contributed by atoms with Crippen LogP contribution in [0.1, 0.15) is 46.9 Å². The lowest BCUT2D eigenvalue weighted by atomic mass is 9.77. The average molecular weight is 355 g/mol. The maximum atomic E-state index is 14.2. The summed E-state index contributed by atoms with van der Waals surface area (Å²) in [7, 11) is 0. The number of carbonyl (C=O) groups is 1. The number of aromatic nitrogens is 1. The molecule has 4 rings (SSSR count). The molecule has 0 spiro atoms. The van der Waals surface area contributed by atoms with Gasteiger partial charge in [-0.1, -0.05) is 0 Å². The Kier molecular flexibility index (Phi) is 4.41. The second-order valence-electron chi connectivity index (χ2n) is 6.71. The van der Waals surface area contributed by atoms with E-state index in [4.69, 9.17) is 9.68 Å². The van der Waals surface area contributed by atoms with Crippen molar-refractivity contribution in [2.24, 2.45) is 5.92 Å². The Bertz CT molecular complexity index is 848. The maximum absolute atomic E-state index is 14.2. The summed E-state index contributed by atoms with van der Waals surface area (Å²) in [4.78, 5) is 16.2. The predicted octanol–water partition coefficient (Wildman–Crippen LogP) is 1.80. The van der Waals surface area contributed by atoms with Crippen molar-refractivity contribution in [3.63, 3.8) is 0 Å². The smallest absolute Gasteiger partial charge is 0.273 e. The Labute approximate surface area is 149 Å². The molecule has 1 amide bonds. The van der Waals surface area contributed by atoms with Gasteiger partial charge in [-0.2, -0.15) is 5.26 Å². The van der Waals surface area contributed by atoms with Gasteiger partial charge in [0.25, 0.3) is 5.91 Å². The molecule has 1 aliphatic heterocycles. The summed E-state index contributed by atoms with van der Waals surface area (Å²) < 4.78 is 19.3. The summed E-state index contributed by atoms with van der Waals surface area (Å²) >= 11 is 0. The molecule has 2 aliphatic rings. The summed E-state index contributed by atoms with van der Waals surface area (Å²) in [5.41, 5.74) is 7.16. The third-order valence-corrected chi connectivity index (χ3v) is 5.21. The van der Waals surface area contributed by atoms with E-state index in [0.717, 1.165) is 24.8 Å². The number of pyridine rings is 1. The highest BCUT2D eigenvalue weighted by Crippen LogP contribution is 2.38. The first kappa shape index (κ1) is 16.7. The molecule has 3 heterocycles. The number of hydrogen-bond donors (Lipinski definition) is 3. The number of nitriles is 1. The van der Waals surface area contributed by atoms with Crippen LogP contribution in [0.3, 0.4) is 0 Å². The number of furan rings is 1. The molecule has 8 heteroatoms. The molecular formula is C18H18FN5O2. The van der Waals surface area contributed by atoms with Crippen LogP contribution in [0.4, 0.5) is 4.39 Å². The number of hydrogen-bond acceptors (Lipinski definition) is 6. The molecular weight excluding hydrogens is 337 g/mol. The van der Waals surface area contributed by atoms with Crippen LogP contribution in [0, 0.1) is 23.1 Å². The summed E-state index contributed by atoms with van der Waals surface area (Å²) in [5.74, 6) is -1.17. The van der Waals surface area contributed by atoms with Crippen molar-refractivity contribution in [2.75, 3.05) is 0 Å². The van der Waals surface area contributed by atoms with E-state index in [2.05, 4.69) is 21.2 Å². The van der Waals surface area contributed by atoms with Crippen molar-refractivity contribution in [2.45, 2.75) is 37.4 Å². The number of rotatable bonds is 3. The van der Waals surface area contributed by atoms with E-state index in [1.807, 2.05) is 6.07 Å². The molecule has 4 unspecified atom stereocenters. The fraction of sp³-hybridized carbons (Fsp3) is 0.389. The Morgan fingerprint density at radius 1 is 1.38 bits per heavy atom. The van der Waals surface area contributed by atoms with Gasteiger partial charge < -0.3 is 9.73 Å². The largest absolute Gasteiger partial charge is 0.472 e. The summed E-state index contributed by atoms with van der Waals surface area (Å²) in [6.07, 6.45) is 7.07. The third kappa shape index (κ3) is 2.96. The van der Waals surface area contributed by atoms with Crippen LogP contribution in [0.2, 0.25) is 0 Å². The lowest BCUT2D eigenvalue weighted by Gasteiger charge is -2.33. The topological polar surface area (TPSA) is 103 Å². The number of nitrogens with one attached hydrogen (secondary N) is 3. The standard InChI is InChI=1S/C18H18FN5O2/c19-15-10(8-20)3-5-21-17(15)18(25)22-12-1-2-14-13(7-12)16(24-23-14)11-4-6-26-9-11/h3-6,9,12-14,16,23-24H,1-2,7H2,(H,22,25). The minimum absolute atomic E-state index is 0.0770. The quantitative estimate of drug-likeness (QED) is 0.776. The lowest BCUT2D eigenvalue weighted by Crippen LogP contribution is -2.44. The fourth-order valence-electron chi connectivity index (χ4n) is 3.91. The third-order valence-electron chi connectivity index (χ3n) is 5.21. The first-order chi connectivity index (χ1) is 12.7. The summed E-state index contributed by atoms with van der Waals surface area (Å²) in [5, 5.41) is 11.8. The minimum atomic E-state index is -0.873. The van der Waals surface area contributed by atoms with Crippen LogP contribution in [-0.2, 0) is 0 Å². The molecule has 2 fully saturated rings. The van der Waals surface area contributed by atoms with Crippen LogP contribution < -0.4 is 16.2 Å². The Balaban J connectivity index is 1.46. The molecule has 2 aromatic heterocycles. The number of carbonyl (C=O) groups excluding carboxylic acids is 1. The van der Waals surface area contributed by atoms with Gasteiger partial charge in [0.15, 0.2) is 11.5 Å². The molecule has 0 aromatic carbocycles. The zero-order valence-electron chi connectivity index (χ0n) is 13.9. The van der Waals surface area contributed by atoms with E-state index in [9.17, 15) is 9.18 Å². The molecule has 0 bridgehead atoms. The molecule has 0 radical (unpaired) electrons. The van der Waals surface area contributed by atoms with E-state index < -0.39 is 11.7 Å². The number of hydrazine groups is 1. The van der Waals surface area contributed by atoms with Crippen molar-refractivity contribution in [3.05, 3.63) is 53.5 Å². The van der Waals surface area contributed by atoms with Crippen molar-refractivity contribution in [1.82, 2.24) is 21.2 Å². The van der Waals surface area contributed by atoms with Crippen molar-refractivity contribution in [3.8, 4) is 6.07 Å². The number of halogens is 1. The van der Waals surface area contributed by atoms with Crippen LogP contribution >= 0.6 is 0 Å². The SMILES string of the molecule is N#Cc1ccnc(C(=O)NC2CCC3NNC(c4ccoc4)C3C2)c1F. The average Bonchev–Trinajstić information content (AvgIpc) is 3.30. The normalized spacial score (nSPS) is 27.5. The molecule has 1 saturated heterocycles. The molecule has 3 N–H and O–H groups in total. The summed E-state index contributed by atoms with van der Waals surface area (Å²) in [6, 6.07) is 5.25. The van der Waals surface area contributed by atoms with Gasteiger partial charge in [-0.25, -0.2) is 14.8 Å². The van der Waals surface area contributed by atoms with Crippen molar-refractivity contribution >= 4 is 5.91 Å². The molecule has 1 aliphatic carbocycles. The van der Waals surface area contributed by atoms with Crippen molar-refractivity contribution in [1.29, 1.82) is 5.26 Å². The first-order valence-corrected chi connectivity index (χ1v) is 8.56. The van der Waals surface area contributed by atoms with Gasteiger partial charge in [0.2, 0.25) is 0 Å². The number of amides is 1. The minimum Gasteiger partial charge on any atom is -0.472 e. The second-order valence-corrected chi connectivity index (χ2v) is 6.71. The van der Waals surface area contributed by atoms with E-state index in [-0.39, 0.29) is 29.3 Å². The first-order valence-electron chi connectivity index (χ1n) is 8.56. The molecule has 4 atom stereocenters. The van der Waals surface area contributed by atoms with Gasteiger partial charge in [0.05, 0.1) is 24.1 Å². The highest BCUT2D eigenvalue weighted by Gasteiger charge is 2.41. The zero-order chi connectivity index (χ0) is 18.1. The van der Waals surface area contributed by atoms with Crippen LogP contribution in [0.25, 0.3) is 0 Å². The van der Waals surface area contributed by atoms with Gasteiger partial charge in [-0.15, -0.1) is 0 Å². The predicted molar refractivity (Wildman–Crippen MR) is 89.0 cm³/mol. The molecule has 2 aromatic rings. The van der Waals surface area contributed by atoms with Gasteiger partial charge in [-0.05, 0) is 37.3 Å². The highest BCUT2D eigenvalue weighted by atomic mass is 19.1. The van der Waals surface area contributed by atoms with Gasteiger partial charge in [0.1, 0.15) is 6.07 Å². The van der Waals surface area contributed by atoms with Gasteiger partial charge >= 0.3 is 0 Å². The molecule has 26 heavy (non-hydrogen) atoms. The Morgan fingerprint density at radius 3 is 3.04 bits per heavy atom. The Morgan fingerprint density at radius 2 is 2.27 bits per heavy atom. The molecule has 7 nitrogen and oxygen atoms in total. The summed E-state index contributed by atoms with van der Waals surface area (Å²) in [6.45, 7) is 0. The van der Waals surface area contributed by atoms with E-state index >= 15 is 0 Å². The number of nitrogens with zero attached hydrogens (tertiary/aromatic N) is 2. The van der Waals surface area contributed by atoms with E-state index in [0.29, 0.717) is 6.04 Å². The monoisotopic (exact) mass is 355 g/mol. The lowest BCUT2D eigenvalue weighted by molar-refractivity contribution is 0.0905. The molecule has 1 saturated carbocycles. The van der Waals surface area contributed by atoms with Crippen LogP contribution in [-0.4, -0.2) is 23.0 Å². The number of fused-ring (bicyclic) bond motifs is 1. The Hall–Kier alpha value is -2.76. The van der Waals surface area contributed by atoms with Gasteiger partial charge in [-0.3, -0.25) is 10.2 Å². The van der Waals surface area contributed by atoms with Crippen molar-refractivity contribution < 1.29 is 13.6 Å². The van der Waals surface area contributed by atoms with E-state index in [1.165, 1.54) is 12.3 Å². The second kappa shape index (κ2) is 6.86. The molecule has 134 valence electrons. The van der Waals surface area contributed by atoms with Crippen LogP contribution in [0.5, 0.6) is 0 Å². The van der Waals surface area contributed by atoms with Crippen LogP contribution in [0.15, 0.2) is 35.3 Å².